The molecule has 1 aliphatic carbocycles. The number of ketones is 1. The van der Waals surface area contributed by atoms with Gasteiger partial charge in [0.15, 0.2) is 0 Å². The second-order valence-electron chi connectivity index (χ2n) is 5.15. The van der Waals surface area contributed by atoms with Crippen LogP contribution in [0.3, 0.4) is 0 Å². The first-order valence-corrected chi connectivity index (χ1v) is 6.37. The van der Waals surface area contributed by atoms with E-state index in [1.54, 1.807) is 0 Å². The Labute approximate surface area is 93.9 Å². The molecule has 86 valence electrons. The number of hydrogen-bond acceptors (Lipinski definition) is 1. The summed E-state index contributed by atoms with van der Waals surface area (Å²) in [6, 6.07) is 0. The fourth-order valence-electron chi connectivity index (χ4n) is 2.09. The molecular weight excluding hydrogens is 184 g/mol. The molecule has 15 heavy (non-hydrogen) atoms. The fourth-order valence-corrected chi connectivity index (χ4v) is 2.09. The average molecular weight is 208 g/mol. The lowest BCUT2D eigenvalue weighted by molar-refractivity contribution is -0.118. The Morgan fingerprint density at radius 1 is 1.33 bits per heavy atom. The van der Waals surface area contributed by atoms with Gasteiger partial charge < -0.3 is 0 Å². The zero-order valence-corrected chi connectivity index (χ0v) is 10.2. The van der Waals surface area contributed by atoms with E-state index < -0.39 is 0 Å². The highest BCUT2D eigenvalue weighted by atomic mass is 16.1. The molecule has 0 aromatic carbocycles. The van der Waals surface area contributed by atoms with Crippen LogP contribution in [0.4, 0.5) is 0 Å². The summed E-state index contributed by atoms with van der Waals surface area (Å²) < 4.78 is 0. The minimum Gasteiger partial charge on any atom is -0.299 e. The van der Waals surface area contributed by atoms with Gasteiger partial charge in [-0.3, -0.25) is 4.79 Å². The van der Waals surface area contributed by atoms with Crippen LogP contribution in [0.1, 0.15) is 58.8 Å². The quantitative estimate of drug-likeness (QED) is 0.600. The molecule has 0 bridgehead atoms. The predicted octanol–water partition coefficient (Wildman–Crippen LogP) is 4.13. The number of hydrogen-bond donors (Lipinski definition) is 0. The standard InChI is InChI=1S/C14H24O/c1-12(2)10-11-14(15)9-5-8-13-6-3-4-7-13/h5,8,12-13H,3-4,6-7,9-11H2,1-2H3. The van der Waals surface area contributed by atoms with Crippen LogP contribution in [-0.4, -0.2) is 5.78 Å². The molecule has 0 heterocycles. The van der Waals surface area contributed by atoms with Gasteiger partial charge in [-0.25, -0.2) is 0 Å². The van der Waals surface area contributed by atoms with Crippen LogP contribution in [0, 0.1) is 11.8 Å². The first-order valence-electron chi connectivity index (χ1n) is 6.37. The van der Waals surface area contributed by atoms with Crippen molar-refractivity contribution >= 4 is 5.78 Å². The Morgan fingerprint density at radius 3 is 2.60 bits per heavy atom. The summed E-state index contributed by atoms with van der Waals surface area (Å²) in [5.41, 5.74) is 0. The van der Waals surface area contributed by atoms with E-state index in [4.69, 9.17) is 0 Å². The van der Waals surface area contributed by atoms with Crippen LogP contribution in [0.25, 0.3) is 0 Å². The van der Waals surface area contributed by atoms with Crippen LogP contribution in [0.15, 0.2) is 12.2 Å². The van der Waals surface area contributed by atoms with E-state index in [1.807, 2.05) is 0 Å². The van der Waals surface area contributed by atoms with Crippen molar-refractivity contribution in [1.29, 1.82) is 0 Å². The van der Waals surface area contributed by atoms with Crippen molar-refractivity contribution in [3.8, 4) is 0 Å². The molecule has 1 aliphatic rings. The number of carbonyl (C=O) groups excluding carboxylic acids is 1. The second kappa shape index (κ2) is 6.81. The summed E-state index contributed by atoms with van der Waals surface area (Å²) in [6.07, 6.45) is 12.2. The average Bonchev–Trinajstić information content (AvgIpc) is 2.67. The Morgan fingerprint density at radius 2 is 2.00 bits per heavy atom. The fraction of sp³-hybridized carbons (Fsp3) is 0.786. The molecule has 1 rings (SSSR count). The van der Waals surface area contributed by atoms with Crippen LogP contribution < -0.4 is 0 Å². The van der Waals surface area contributed by atoms with Gasteiger partial charge >= 0.3 is 0 Å². The predicted molar refractivity (Wildman–Crippen MR) is 64.8 cm³/mol. The summed E-state index contributed by atoms with van der Waals surface area (Å²) in [5, 5.41) is 0. The van der Waals surface area contributed by atoms with Crippen molar-refractivity contribution in [2.75, 3.05) is 0 Å². The monoisotopic (exact) mass is 208 g/mol. The molecule has 0 N–H and O–H groups in total. The summed E-state index contributed by atoms with van der Waals surface area (Å²) in [6.45, 7) is 4.34. The molecule has 1 nitrogen and oxygen atoms in total. The third-order valence-corrected chi connectivity index (χ3v) is 3.15. The molecular formula is C14H24O. The van der Waals surface area contributed by atoms with Gasteiger partial charge in [0, 0.05) is 12.8 Å². The Hall–Kier alpha value is -0.590. The molecule has 1 heteroatoms. The molecule has 1 fully saturated rings. The van der Waals surface area contributed by atoms with E-state index in [-0.39, 0.29) is 0 Å². The molecule has 0 amide bonds. The Bertz CT molecular complexity index is 209. The molecule has 0 aliphatic heterocycles. The van der Waals surface area contributed by atoms with E-state index in [0.29, 0.717) is 18.1 Å². The van der Waals surface area contributed by atoms with Gasteiger partial charge in [0.05, 0.1) is 0 Å². The van der Waals surface area contributed by atoms with Gasteiger partial charge in [-0.1, -0.05) is 38.8 Å². The molecule has 0 unspecified atom stereocenters. The van der Waals surface area contributed by atoms with Crippen molar-refractivity contribution in [2.24, 2.45) is 11.8 Å². The molecule has 0 saturated heterocycles. The third kappa shape index (κ3) is 5.76. The van der Waals surface area contributed by atoms with Gasteiger partial charge in [-0.15, -0.1) is 0 Å². The van der Waals surface area contributed by atoms with Crippen molar-refractivity contribution in [2.45, 2.75) is 58.8 Å². The summed E-state index contributed by atoms with van der Waals surface area (Å²) >= 11 is 0. The summed E-state index contributed by atoms with van der Waals surface area (Å²) in [7, 11) is 0. The zero-order valence-electron chi connectivity index (χ0n) is 10.2. The van der Waals surface area contributed by atoms with Gasteiger partial charge in [0.1, 0.15) is 5.78 Å². The maximum absolute atomic E-state index is 11.5. The smallest absolute Gasteiger partial charge is 0.136 e. The normalized spacial score (nSPS) is 18.1. The minimum atomic E-state index is 0.401. The maximum Gasteiger partial charge on any atom is 0.136 e. The molecule has 0 radical (unpaired) electrons. The number of rotatable bonds is 6. The van der Waals surface area contributed by atoms with Crippen molar-refractivity contribution < 1.29 is 4.79 Å². The van der Waals surface area contributed by atoms with Crippen molar-refractivity contribution in [3.63, 3.8) is 0 Å². The first-order chi connectivity index (χ1) is 7.18. The summed E-state index contributed by atoms with van der Waals surface area (Å²) in [5.74, 6) is 1.81. The van der Waals surface area contributed by atoms with Gasteiger partial charge in [-0.05, 0) is 31.1 Å². The number of allylic oxidation sites excluding steroid dienone is 2. The number of carbonyl (C=O) groups is 1. The lowest BCUT2D eigenvalue weighted by atomic mass is 10.0. The first kappa shape index (κ1) is 12.5. The minimum absolute atomic E-state index is 0.401. The SMILES string of the molecule is CC(C)CCC(=O)CC=CC1CCCC1. The van der Waals surface area contributed by atoms with Crippen LogP contribution in [0.5, 0.6) is 0 Å². The largest absolute Gasteiger partial charge is 0.299 e. The molecule has 0 atom stereocenters. The Balaban J connectivity index is 2.10. The van der Waals surface area contributed by atoms with Gasteiger partial charge in [0.25, 0.3) is 0 Å². The highest BCUT2D eigenvalue weighted by Crippen LogP contribution is 2.25. The highest BCUT2D eigenvalue weighted by Gasteiger charge is 2.11. The van der Waals surface area contributed by atoms with E-state index in [2.05, 4.69) is 26.0 Å². The van der Waals surface area contributed by atoms with Crippen LogP contribution in [-0.2, 0) is 4.79 Å². The van der Waals surface area contributed by atoms with E-state index in [0.717, 1.165) is 18.8 Å². The molecule has 0 aromatic heterocycles. The molecule has 0 aromatic rings. The lowest BCUT2D eigenvalue weighted by Gasteiger charge is -2.02. The van der Waals surface area contributed by atoms with E-state index in [1.165, 1.54) is 25.7 Å². The number of Topliss-reactive ketones (excluding diaryl/α,β-unsaturated/α-hetero) is 1. The lowest BCUT2D eigenvalue weighted by Crippen LogP contribution is -1.99. The van der Waals surface area contributed by atoms with Crippen LogP contribution in [0.2, 0.25) is 0 Å². The summed E-state index contributed by atoms with van der Waals surface area (Å²) in [4.78, 5) is 11.5. The zero-order chi connectivity index (χ0) is 11.1. The second-order valence-corrected chi connectivity index (χ2v) is 5.15. The van der Waals surface area contributed by atoms with E-state index >= 15 is 0 Å². The molecule has 0 spiro atoms. The molecule has 1 saturated carbocycles. The maximum atomic E-state index is 11.5. The third-order valence-electron chi connectivity index (χ3n) is 3.15. The van der Waals surface area contributed by atoms with Gasteiger partial charge in [-0.2, -0.15) is 0 Å². The van der Waals surface area contributed by atoms with Crippen molar-refractivity contribution in [3.05, 3.63) is 12.2 Å². The topological polar surface area (TPSA) is 17.1 Å². The Kier molecular flexibility index (Phi) is 5.67. The van der Waals surface area contributed by atoms with Gasteiger partial charge in [0.2, 0.25) is 0 Å². The van der Waals surface area contributed by atoms with Crippen LogP contribution >= 0.6 is 0 Å². The highest BCUT2D eigenvalue weighted by molar-refractivity contribution is 5.79. The van der Waals surface area contributed by atoms with E-state index in [9.17, 15) is 4.79 Å². The van der Waals surface area contributed by atoms with Crippen molar-refractivity contribution in [1.82, 2.24) is 0 Å².